The zero-order chi connectivity index (χ0) is 20.2. The van der Waals surface area contributed by atoms with Gasteiger partial charge in [-0.25, -0.2) is 9.97 Å². The third kappa shape index (κ3) is 4.41. The maximum absolute atomic E-state index is 10.4. The van der Waals surface area contributed by atoms with Crippen LogP contribution >= 0.6 is 0 Å². The van der Waals surface area contributed by atoms with Gasteiger partial charge in [0.1, 0.15) is 36.4 Å². The summed E-state index contributed by atoms with van der Waals surface area (Å²) in [5.74, 6) is 2.42. The van der Waals surface area contributed by atoms with Gasteiger partial charge in [0.15, 0.2) is 5.65 Å². The molecule has 1 aliphatic heterocycles. The fourth-order valence-electron chi connectivity index (χ4n) is 3.56. The lowest BCUT2D eigenvalue weighted by atomic mass is 10.2. The van der Waals surface area contributed by atoms with Crippen LogP contribution in [0.2, 0.25) is 0 Å². The van der Waals surface area contributed by atoms with Crippen LogP contribution in [0.3, 0.4) is 0 Å². The summed E-state index contributed by atoms with van der Waals surface area (Å²) in [6, 6.07) is 7.36. The van der Waals surface area contributed by atoms with E-state index in [9.17, 15) is 5.11 Å². The minimum Gasteiger partial charge on any atom is -0.497 e. The lowest BCUT2D eigenvalue weighted by molar-refractivity contribution is 0.0662. The van der Waals surface area contributed by atoms with Gasteiger partial charge in [0.25, 0.3) is 0 Å². The molecular weight excluding hydrogens is 372 g/mol. The lowest BCUT2D eigenvalue weighted by Crippen LogP contribution is -2.49. The van der Waals surface area contributed by atoms with E-state index in [2.05, 4.69) is 24.9 Å². The Kier molecular flexibility index (Phi) is 5.77. The second-order valence-corrected chi connectivity index (χ2v) is 7.13. The molecule has 1 unspecified atom stereocenters. The molecule has 4 rings (SSSR count). The van der Waals surface area contributed by atoms with Gasteiger partial charge in [-0.05, 0) is 24.3 Å². The number of methoxy groups -OCH3 is 1. The second kappa shape index (κ2) is 8.62. The number of nitrogens with zero attached hydrogens (tertiary/aromatic N) is 6. The number of piperazine rings is 1. The van der Waals surface area contributed by atoms with Crippen molar-refractivity contribution in [2.45, 2.75) is 6.10 Å². The van der Waals surface area contributed by atoms with Crippen molar-refractivity contribution in [1.29, 1.82) is 0 Å². The molecule has 1 aliphatic rings. The average Bonchev–Trinajstić information content (AvgIpc) is 3.14. The Hall–Kier alpha value is -2.91. The first kappa shape index (κ1) is 19.4. The third-order valence-corrected chi connectivity index (χ3v) is 5.15. The number of aliphatic hydroxyl groups excluding tert-OH is 1. The molecule has 0 saturated carbocycles. The van der Waals surface area contributed by atoms with Crippen LogP contribution in [0, 0.1) is 0 Å². The number of aromatic nitrogens is 4. The van der Waals surface area contributed by atoms with Crippen molar-refractivity contribution < 1.29 is 14.6 Å². The maximum atomic E-state index is 10.4. The summed E-state index contributed by atoms with van der Waals surface area (Å²) in [7, 11) is 3.51. The number of benzene rings is 1. The molecule has 0 radical (unpaired) electrons. The van der Waals surface area contributed by atoms with Gasteiger partial charge in [-0.1, -0.05) is 0 Å². The lowest BCUT2D eigenvalue weighted by Gasteiger charge is -2.36. The van der Waals surface area contributed by atoms with Crippen LogP contribution in [0.15, 0.2) is 36.8 Å². The molecule has 3 aromatic rings. The molecule has 2 aromatic heterocycles. The molecule has 3 heterocycles. The van der Waals surface area contributed by atoms with Crippen LogP contribution in [-0.2, 0) is 7.05 Å². The van der Waals surface area contributed by atoms with Crippen LogP contribution in [0.1, 0.15) is 0 Å². The van der Waals surface area contributed by atoms with E-state index in [1.165, 1.54) is 0 Å². The molecule has 154 valence electrons. The normalized spacial score (nSPS) is 16.2. The Morgan fingerprint density at radius 1 is 1.07 bits per heavy atom. The Labute approximate surface area is 169 Å². The molecule has 1 N–H and O–H groups in total. The minimum atomic E-state index is -0.548. The summed E-state index contributed by atoms with van der Waals surface area (Å²) in [4.78, 5) is 13.3. The molecule has 0 aliphatic carbocycles. The number of hydrogen-bond acceptors (Lipinski definition) is 8. The molecular formula is C20H26N6O3. The Morgan fingerprint density at radius 3 is 2.52 bits per heavy atom. The molecule has 1 atom stereocenters. The first-order chi connectivity index (χ1) is 14.1. The van der Waals surface area contributed by atoms with Gasteiger partial charge >= 0.3 is 0 Å². The number of β-amino-alcohol motifs (C(OH)–C–C–N with tert-alkyl or cyclic N) is 1. The van der Waals surface area contributed by atoms with Gasteiger partial charge in [0.2, 0.25) is 0 Å². The highest BCUT2D eigenvalue weighted by Gasteiger charge is 2.22. The van der Waals surface area contributed by atoms with Gasteiger partial charge in [-0.15, -0.1) is 0 Å². The summed E-state index contributed by atoms with van der Waals surface area (Å²) in [6.45, 7) is 4.22. The van der Waals surface area contributed by atoms with Crippen LogP contribution in [0.5, 0.6) is 11.5 Å². The smallest absolute Gasteiger partial charge is 0.163 e. The molecule has 29 heavy (non-hydrogen) atoms. The topological polar surface area (TPSA) is 88.8 Å². The van der Waals surface area contributed by atoms with Crippen LogP contribution < -0.4 is 14.4 Å². The highest BCUT2D eigenvalue weighted by molar-refractivity contribution is 5.86. The highest BCUT2D eigenvalue weighted by Crippen LogP contribution is 2.23. The number of aryl methyl sites for hydroxylation is 1. The fourth-order valence-corrected chi connectivity index (χ4v) is 3.56. The van der Waals surface area contributed by atoms with Crippen molar-refractivity contribution in [2.24, 2.45) is 7.05 Å². The monoisotopic (exact) mass is 398 g/mol. The Balaban J connectivity index is 1.27. The van der Waals surface area contributed by atoms with Crippen LogP contribution in [0.25, 0.3) is 11.0 Å². The molecule has 1 saturated heterocycles. The van der Waals surface area contributed by atoms with E-state index in [-0.39, 0.29) is 6.61 Å². The summed E-state index contributed by atoms with van der Waals surface area (Å²) < 4.78 is 12.6. The predicted molar refractivity (Wildman–Crippen MR) is 109 cm³/mol. The van der Waals surface area contributed by atoms with Gasteiger partial charge in [-0.3, -0.25) is 9.58 Å². The quantitative estimate of drug-likeness (QED) is 0.629. The van der Waals surface area contributed by atoms with E-state index < -0.39 is 6.10 Å². The standard InChI is InChI=1S/C20H26N6O3/c1-24-19-18(11-23-24)20(22-14-21-19)26-9-7-25(8-10-26)12-15(27)13-29-17-5-3-16(28-2)4-6-17/h3-6,11,14-15,27H,7-10,12-13H2,1-2H3. The first-order valence-corrected chi connectivity index (χ1v) is 9.69. The van der Waals surface area contributed by atoms with Crippen molar-refractivity contribution in [2.75, 3.05) is 51.3 Å². The molecule has 0 spiro atoms. The molecule has 1 aromatic carbocycles. The fraction of sp³-hybridized carbons (Fsp3) is 0.450. The number of aliphatic hydroxyl groups is 1. The van der Waals surface area contributed by atoms with E-state index in [4.69, 9.17) is 9.47 Å². The zero-order valence-electron chi connectivity index (χ0n) is 16.7. The van der Waals surface area contributed by atoms with E-state index in [1.807, 2.05) is 37.5 Å². The van der Waals surface area contributed by atoms with E-state index >= 15 is 0 Å². The number of ether oxygens (including phenoxy) is 2. The van der Waals surface area contributed by atoms with Gasteiger partial charge in [0, 0.05) is 39.8 Å². The number of anilines is 1. The number of rotatable bonds is 7. The highest BCUT2D eigenvalue weighted by atomic mass is 16.5. The van der Waals surface area contributed by atoms with Crippen molar-refractivity contribution >= 4 is 16.9 Å². The van der Waals surface area contributed by atoms with E-state index in [1.54, 1.807) is 18.1 Å². The minimum absolute atomic E-state index is 0.259. The van der Waals surface area contributed by atoms with Gasteiger partial charge < -0.3 is 19.5 Å². The average molecular weight is 398 g/mol. The molecule has 0 bridgehead atoms. The second-order valence-electron chi connectivity index (χ2n) is 7.13. The molecule has 9 nitrogen and oxygen atoms in total. The number of hydrogen-bond donors (Lipinski definition) is 1. The van der Waals surface area contributed by atoms with Crippen molar-refractivity contribution in [1.82, 2.24) is 24.6 Å². The largest absolute Gasteiger partial charge is 0.497 e. The SMILES string of the molecule is COc1ccc(OCC(O)CN2CCN(c3ncnc4c3cnn4C)CC2)cc1. The van der Waals surface area contributed by atoms with Gasteiger partial charge in [-0.2, -0.15) is 5.10 Å². The first-order valence-electron chi connectivity index (χ1n) is 9.69. The summed E-state index contributed by atoms with van der Waals surface area (Å²) in [6.07, 6.45) is 2.86. The van der Waals surface area contributed by atoms with Crippen molar-refractivity contribution in [3.05, 3.63) is 36.8 Å². The third-order valence-electron chi connectivity index (χ3n) is 5.15. The van der Waals surface area contributed by atoms with Crippen molar-refractivity contribution in [3.8, 4) is 11.5 Å². The number of fused-ring (bicyclic) bond motifs is 1. The van der Waals surface area contributed by atoms with E-state index in [0.29, 0.717) is 6.54 Å². The molecule has 0 amide bonds. The predicted octanol–water partition coefficient (Wildman–Crippen LogP) is 0.934. The molecule has 9 heteroatoms. The Morgan fingerprint density at radius 2 is 1.79 bits per heavy atom. The zero-order valence-corrected chi connectivity index (χ0v) is 16.7. The maximum Gasteiger partial charge on any atom is 0.163 e. The van der Waals surface area contributed by atoms with Crippen LogP contribution in [-0.4, -0.2) is 82.3 Å². The molecule has 1 fully saturated rings. The summed E-state index contributed by atoms with van der Waals surface area (Å²) in [5.41, 5.74) is 0.837. The van der Waals surface area contributed by atoms with Crippen LogP contribution in [0.4, 0.5) is 5.82 Å². The van der Waals surface area contributed by atoms with Gasteiger partial charge in [0.05, 0.1) is 18.7 Å². The van der Waals surface area contributed by atoms with E-state index in [0.717, 1.165) is 54.5 Å². The van der Waals surface area contributed by atoms with Crippen molar-refractivity contribution in [3.63, 3.8) is 0 Å². The summed E-state index contributed by atoms with van der Waals surface area (Å²) in [5, 5.41) is 15.6. The Bertz CT molecular complexity index is 937. The summed E-state index contributed by atoms with van der Waals surface area (Å²) >= 11 is 0.